The molecule has 0 aromatic rings. The first-order chi connectivity index (χ1) is 0. The largest absolute Gasteiger partial charge is 3.00 e. The van der Waals surface area contributed by atoms with Gasteiger partial charge in [0.1, 0.15) is 0 Å². The Kier molecular flexibility index (Phi) is 435. The smallest absolute Gasteiger partial charge is 2.00 e. The van der Waals surface area contributed by atoms with E-state index in [2.05, 4.69) is 0 Å². The van der Waals surface area contributed by atoms with Crippen molar-refractivity contribution in [2.24, 2.45) is 0 Å². The van der Waals surface area contributed by atoms with Crippen LogP contribution in [0.15, 0.2) is 0 Å². The molecule has 5 heavy (non-hydrogen) atoms. The zero-order valence-corrected chi connectivity index (χ0v) is 6.16. The molecule has 0 bridgehead atoms. The van der Waals surface area contributed by atoms with Crippen LogP contribution >= 0.6 is 0 Å². The van der Waals surface area contributed by atoms with E-state index in [1.807, 2.05) is 0 Å². The van der Waals surface area contributed by atoms with Gasteiger partial charge >= 0.3 is 34.1 Å². The second kappa shape index (κ2) is 36.1. The molecule has 5 heteroatoms. The van der Waals surface area contributed by atoms with Gasteiger partial charge < -0.3 is 40.5 Å². The summed E-state index contributed by atoms with van der Waals surface area (Å²) >= 11 is 0. The normalized spacial score (nSPS) is 0. The third-order valence-electron chi connectivity index (χ3n) is 0. The van der Waals surface area contributed by atoms with E-state index in [-0.39, 0.29) is 74.6 Å². The summed E-state index contributed by atoms with van der Waals surface area (Å²) in [6.45, 7) is 0. The van der Waals surface area contributed by atoms with Gasteiger partial charge in [-0.3, -0.25) is 0 Å². The Hall–Kier alpha value is 2.09. The van der Waals surface area contributed by atoms with Gasteiger partial charge in [-0.15, -0.1) is 0 Å². The van der Waals surface area contributed by atoms with Crippen LogP contribution in [0.3, 0.4) is 0 Å². The van der Waals surface area contributed by atoms with Crippen molar-refractivity contribution in [1.29, 1.82) is 0 Å². The van der Waals surface area contributed by atoms with Crippen LogP contribution in [0.5, 0.6) is 0 Å². The van der Waals surface area contributed by atoms with Crippen LogP contribution in [0, 0.1) is 0 Å². The van der Waals surface area contributed by atoms with Crippen molar-refractivity contribution < 1.29 is 34.1 Å². The van der Waals surface area contributed by atoms with E-state index >= 15 is 0 Å². The van der Waals surface area contributed by atoms with Crippen molar-refractivity contribution in [3.05, 3.63) is 0 Å². The first-order valence-electron chi connectivity index (χ1n) is 0. The number of hydrogen-bond acceptors (Lipinski definition) is 0. The summed E-state index contributed by atoms with van der Waals surface area (Å²) in [5.41, 5.74) is 0. The Morgan fingerprint density at radius 1 is 0.400 bits per heavy atom. The van der Waals surface area contributed by atoms with Crippen molar-refractivity contribution >= 4 is 40.5 Å². The van der Waals surface area contributed by atoms with Gasteiger partial charge in [-0.2, -0.15) is 0 Å². The van der Waals surface area contributed by atoms with Crippen molar-refractivity contribution in [3.8, 4) is 0 Å². The van der Waals surface area contributed by atoms with E-state index in [1.165, 1.54) is 0 Å². The Labute approximate surface area is 74.1 Å². The van der Waals surface area contributed by atoms with Crippen molar-refractivity contribution in [3.63, 3.8) is 0 Å². The van der Waals surface area contributed by atoms with Crippen LogP contribution in [0.2, 0.25) is 0 Å². The number of rotatable bonds is 0. The summed E-state index contributed by atoms with van der Waals surface area (Å²) in [5, 5.41) is 0. The molecule has 0 aliphatic carbocycles. The Morgan fingerprint density at radius 2 is 0.400 bits per heavy atom. The summed E-state index contributed by atoms with van der Waals surface area (Å²) < 4.78 is 0. The minimum Gasteiger partial charge on any atom is -2.00 e. The van der Waals surface area contributed by atoms with Gasteiger partial charge in [0.2, 0.25) is 0 Å². The summed E-state index contributed by atoms with van der Waals surface area (Å²) in [4.78, 5) is 0. The van der Waals surface area contributed by atoms with Crippen LogP contribution in [-0.2, 0) is 74.6 Å². The molecule has 0 saturated carbocycles. The molecule has 0 aliphatic rings. The second-order valence-corrected chi connectivity index (χ2v) is 0. The fraction of sp³-hybridized carbons (Fsp3) is 0. The molecule has 40 valence electrons. The van der Waals surface area contributed by atoms with Crippen molar-refractivity contribution in [2.45, 2.75) is 0 Å². The standard InChI is InChI=1S/2Cu.3S/q2*+3;3*-2. The third-order valence-corrected chi connectivity index (χ3v) is 0. The van der Waals surface area contributed by atoms with Gasteiger partial charge in [0.15, 0.2) is 0 Å². The molecular weight excluding hydrogens is 223 g/mol. The molecule has 0 saturated heterocycles. The first kappa shape index (κ1) is 60.2. The van der Waals surface area contributed by atoms with Crippen LogP contribution in [0.1, 0.15) is 0 Å². The van der Waals surface area contributed by atoms with E-state index in [4.69, 9.17) is 0 Å². The maximum absolute atomic E-state index is 0. The van der Waals surface area contributed by atoms with Gasteiger partial charge in [-0.1, -0.05) is 0 Å². The molecule has 0 radical (unpaired) electrons. The summed E-state index contributed by atoms with van der Waals surface area (Å²) in [7, 11) is 0. The minimum absolute atomic E-state index is 0. The van der Waals surface area contributed by atoms with Crippen molar-refractivity contribution in [2.75, 3.05) is 0 Å². The van der Waals surface area contributed by atoms with Crippen LogP contribution in [0.25, 0.3) is 0 Å². The molecule has 0 aliphatic heterocycles. The Balaban J connectivity index is 0. The maximum atomic E-state index is 0. The van der Waals surface area contributed by atoms with E-state index in [9.17, 15) is 0 Å². The summed E-state index contributed by atoms with van der Waals surface area (Å²) in [5.74, 6) is 0. The van der Waals surface area contributed by atoms with Crippen LogP contribution < -0.4 is 0 Å². The predicted octanol–water partition coefficient (Wildman–Crippen LogP) is -0.0122. The zero-order chi connectivity index (χ0) is 0. The molecule has 0 amide bonds. The molecule has 0 nitrogen and oxygen atoms in total. The first-order valence-corrected chi connectivity index (χ1v) is 0. The average molecular weight is 223 g/mol. The molecule has 0 unspecified atom stereocenters. The van der Waals surface area contributed by atoms with Crippen molar-refractivity contribution in [1.82, 2.24) is 0 Å². The molecule has 0 spiro atoms. The van der Waals surface area contributed by atoms with Crippen LogP contribution in [-0.4, -0.2) is 0 Å². The minimum atomic E-state index is 0. The van der Waals surface area contributed by atoms with Gasteiger partial charge in [0, 0.05) is 0 Å². The van der Waals surface area contributed by atoms with Crippen LogP contribution in [0.4, 0.5) is 0 Å². The molecule has 0 rings (SSSR count). The number of hydrogen-bond donors (Lipinski definition) is 0. The van der Waals surface area contributed by atoms with E-state index in [0.717, 1.165) is 0 Å². The predicted molar refractivity (Wildman–Crippen MR) is 22.1 cm³/mol. The molecule has 0 aromatic heterocycles. The van der Waals surface area contributed by atoms with Gasteiger partial charge in [-0.25, -0.2) is 0 Å². The third kappa shape index (κ3) is 23.3. The summed E-state index contributed by atoms with van der Waals surface area (Å²) in [6.07, 6.45) is 0. The summed E-state index contributed by atoms with van der Waals surface area (Å²) in [6, 6.07) is 0. The Morgan fingerprint density at radius 3 is 0.400 bits per heavy atom. The fourth-order valence-corrected chi connectivity index (χ4v) is 0. The quantitative estimate of drug-likeness (QED) is 0.507. The molecule has 0 atom stereocenters. The Bertz CT molecular complexity index is 4.85. The van der Waals surface area contributed by atoms with Gasteiger partial charge in [0.25, 0.3) is 0 Å². The molecule has 0 fully saturated rings. The van der Waals surface area contributed by atoms with E-state index in [1.54, 1.807) is 0 Å². The fourth-order valence-electron chi connectivity index (χ4n) is 0. The monoisotopic (exact) mass is 222 g/mol. The molecule has 0 heterocycles. The van der Waals surface area contributed by atoms with E-state index < -0.39 is 0 Å². The average Bonchev–Trinajstić information content (AvgIpc) is 0. The molecule has 0 aromatic carbocycles. The molecular formula is Cu2S3. The maximum Gasteiger partial charge on any atom is 3.00 e. The SMILES string of the molecule is [Cu+3].[Cu+3].[S-2].[S-2].[S-2]. The topological polar surface area (TPSA) is 0 Å². The second-order valence-electron chi connectivity index (χ2n) is 0. The van der Waals surface area contributed by atoms with Gasteiger partial charge in [-0.05, 0) is 0 Å². The zero-order valence-electron chi connectivity index (χ0n) is 1.83. The van der Waals surface area contributed by atoms with E-state index in [0.29, 0.717) is 0 Å². The molecule has 0 N–H and O–H groups in total. The van der Waals surface area contributed by atoms with Gasteiger partial charge in [0.05, 0.1) is 0 Å².